The first kappa shape index (κ1) is 13.2. The van der Waals surface area contributed by atoms with Gasteiger partial charge in [0.25, 0.3) is 0 Å². The number of nitrogens with zero attached hydrogens (tertiary/aromatic N) is 2. The van der Waals surface area contributed by atoms with E-state index in [9.17, 15) is 9.59 Å². The van der Waals surface area contributed by atoms with Crippen molar-refractivity contribution in [2.24, 2.45) is 12.8 Å². The Balaban J connectivity index is 2.89. The maximum atomic E-state index is 11.6. The van der Waals surface area contributed by atoms with Crippen LogP contribution in [0.15, 0.2) is 12.4 Å². The fourth-order valence-corrected chi connectivity index (χ4v) is 1.19. The number of hydrogen-bond acceptors (Lipinski definition) is 4. The van der Waals surface area contributed by atoms with Crippen molar-refractivity contribution >= 4 is 11.9 Å². The highest BCUT2D eigenvalue weighted by Gasteiger charge is 2.29. The number of aromatic nitrogens is 2. The van der Waals surface area contributed by atoms with Crippen LogP contribution in [0.5, 0.6) is 0 Å². The third kappa shape index (κ3) is 3.28. The summed E-state index contributed by atoms with van der Waals surface area (Å²) in [4.78, 5) is 22.7. The zero-order chi connectivity index (χ0) is 13.2. The Kier molecular flexibility index (Phi) is 3.52. The van der Waals surface area contributed by atoms with Gasteiger partial charge >= 0.3 is 5.97 Å². The number of carboxylic acids is 1. The molecule has 94 valence electrons. The molecule has 0 aromatic carbocycles. The van der Waals surface area contributed by atoms with Crippen molar-refractivity contribution in [3.05, 3.63) is 18.0 Å². The molecular formula is C10H16N4O3. The average molecular weight is 240 g/mol. The lowest BCUT2D eigenvalue weighted by molar-refractivity contribution is -0.142. The van der Waals surface area contributed by atoms with Gasteiger partial charge in [0.15, 0.2) is 6.04 Å². The van der Waals surface area contributed by atoms with Gasteiger partial charge in [0.2, 0.25) is 5.91 Å². The smallest absolute Gasteiger partial charge is 0.331 e. The fraction of sp³-hybridized carbons (Fsp3) is 0.500. The molecule has 0 fully saturated rings. The molecule has 0 aliphatic carbocycles. The third-order valence-electron chi connectivity index (χ3n) is 2.17. The summed E-state index contributed by atoms with van der Waals surface area (Å²) in [5.74, 6) is -1.69. The van der Waals surface area contributed by atoms with Gasteiger partial charge in [-0.1, -0.05) is 0 Å². The summed E-state index contributed by atoms with van der Waals surface area (Å²) in [5, 5.41) is 15.3. The lowest BCUT2D eigenvalue weighted by atomic mass is 10.0. The highest BCUT2D eigenvalue weighted by atomic mass is 16.4. The number of aryl methyl sites for hydroxylation is 1. The number of amides is 1. The van der Waals surface area contributed by atoms with Crippen molar-refractivity contribution in [1.29, 1.82) is 0 Å². The molecule has 17 heavy (non-hydrogen) atoms. The van der Waals surface area contributed by atoms with Gasteiger partial charge in [-0.15, -0.1) is 0 Å². The number of aliphatic carboxylic acids is 1. The summed E-state index contributed by atoms with van der Waals surface area (Å²) in [6, 6.07) is -1.14. The Morgan fingerprint density at radius 2 is 2.18 bits per heavy atom. The van der Waals surface area contributed by atoms with E-state index in [-0.39, 0.29) is 0 Å². The molecule has 1 aromatic heterocycles. The van der Waals surface area contributed by atoms with Crippen LogP contribution in [0, 0.1) is 0 Å². The number of carbonyl (C=O) groups excluding carboxylic acids is 1. The summed E-state index contributed by atoms with van der Waals surface area (Å²) in [6.07, 6.45) is 2.92. The van der Waals surface area contributed by atoms with Crippen LogP contribution in [-0.4, -0.2) is 32.3 Å². The number of hydrogen-bond donors (Lipinski definition) is 3. The largest absolute Gasteiger partial charge is 0.479 e. The average Bonchev–Trinajstić information content (AvgIpc) is 2.58. The van der Waals surface area contributed by atoms with E-state index >= 15 is 0 Å². The number of nitrogens with two attached hydrogens (primary N) is 1. The van der Waals surface area contributed by atoms with Gasteiger partial charge in [-0.3, -0.25) is 9.48 Å². The zero-order valence-corrected chi connectivity index (χ0v) is 9.97. The quantitative estimate of drug-likeness (QED) is 0.651. The number of nitrogens with one attached hydrogen (secondary N) is 1. The molecule has 0 saturated heterocycles. The molecule has 0 spiro atoms. The van der Waals surface area contributed by atoms with Crippen LogP contribution in [0.2, 0.25) is 0 Å². The third-order valence-corrected chi connectivity index (χ3v) is 2.17. The zero-order valence-electron chi connectivity index (χ0n) is 9.97. The standard InChI is InChI=1S/C10H16N4O3/c1-10(2,11)9(17)13-7(8(15)16)6-4-12-14(3)5-6/h4-5,7H,11H2,1-3H3,(H,13,17)(H,15,16). The van der Waals surface area contributed by atoms with Crippen LogP contribution in [0.25, 0.3) is 0 Å². The molecule has 0 saturated carbocycles. The first-order chi connectivity index (χ1) is 7.71. The second-order valence-electron chi connectivity index (χ2n) is 4.41. The van der Waals surface area contributed by atoms with E-state index in [0.29, 0.717) is 5.56 Å². The van der Waals surface area contributed by atoms with Gasteiger partial charge in [0.05, 0.1) is 11.7 Å². The van der Waals surface area contributed by atoms with E-state index in [2.05, 4.69) is 10.4 Å². The molecule has 1 unspecified atom stereocenters. The van der Waals surface area contributed by atoms with E-state index in [1.165, 1.54) is 30.9 Å². The molecule has 1 atom stereocenters. The molecule has 7 heteroatoms. The number of carboxylic acid groups (broad SMARTS) is 1. The van der Waals surface area contributed by atoms with E-state index in [0.717, 1.165) is 0 Å². The summed E-state index contributed by atoms with van der Waals surface area (Å²) in [5.41, 5.74) is 4.86. The predicted molar refractivity (Wildman–Crippen MR) is 60.0 cm³/mol. The normalized spacial score (nSPS) is 13.2. The Hall–Kier alpha value is -1.89. The van der Waals surface area contributed by atoms with Gasteiger partial charge < -0.3 is 16.2 Å². The minimum atomic E-state index is -1.16. The molecule has 4 N–H and O–H groups in total. The monoisotopic (exact) mass is 240 g/mol. The minimum absolute atomic E-state index is 0.401. The Morgan fingerprint density at radius 3 is 2.53 bits per heavy atom. The van der Waals surface area contributed by atoms with E-state index in [4.69, 9.17) is 10.8 Å². The number of rotatable bonds is 4. The highest BCUT2D eigenvalue weighted by Crippen LogP contribution is 2.13. The van der Waals surface area contributed by atoms with E-state index in [1.54, 1.807) is 7.05 Å². The van der Waals surface area contributed by atoms with Gasteiger partial charge in [-0.25, -0.2) is 4.79 Å². The molecule has 1 aromatic rings. The summed E-state index contributed by atoms with van der Waals surface area (Å²) >= 11 is 0. The molecule has 0 aliphatic rings. The molecule has 0 radical (unpaired) electrons. The van der Waals surface area contributed by atoms with Crippen LogP contribution in [0.3, 0.4) is 0 Å². The summed E-state index contributed by atoms with van der Waals surface area (Å²) in [7, 11) is 1.66. The van der Waals surface area contributed by atoms with Crippen LogP contribution in [-0.2, 0) is 16.6 Å². The molecule has 1 rings (SSSR count). The first-order valence-electron chi connectivity index (χ1n) is 5.03. The van der Waals surface area contributed by atoms with Crippen LogP contribution in [0.4, 0.5) is 0 Å². The van der Waals surface area contributed by atoms with Crippen molar-refractivity contribution in [3.8, 4) is 0 Å². The second kappa shape index (κ2) is 4.54. The van der Waals surface area contributed by atoms with E-state index in [1.807, 2.05) is 0 Å². The fourth-order valence-electron chi connectivity index (χ4n) is 1.19. The lowest BCUT2D eigenvalue weighted by Gasteiger charge is -2.21. The highest BCUT2D eigenvalue weighted by molar-refractivity contribution is 5.89. The summed E-state index contributed by atoms with van der Waals surface area (Å²) < 4.78 is 1.46. The number of carbonyl (C=O) groups is 2. The van der Waals surface area contributed by atoms with Crippen LogP contribution in [0.1, 0.15) is 25.5 Å². The molecule has 1 amide bonds. The molecular weight excluding hydrogens is 224 g/mol. The van der Waals surface area contributed by atoms with Crippen molar-refractivity contribution in [2.75, 3.05) is 0 Å². The topological polar surface area (TPSA) is 110 Å². The summed E-state index contributed by atoms with van der Waals surface area (Å²) in [6.45, 7) is 3.01. The van der Waals surface area contributed by atoms with E-state index < -0.39 is 23.5 Å². The Morgan fingerprint density at radius 1 is 1.59 bits per heavy atom. The Bertz CT molecular complexity index is 433. The molecule has 0 bridgehead atoms. The van der Waals surface area contributed by atoms with Crippen LogP contribution >= 0.6 is 0 Å². The van der Waals surface area contributed by atoms with Gasteiger partial charge in [-0.05, 0) is 13.8 Å². The minimum Gasteiger partial charge on any atom is -0.479 e. The second-order valence-corrected chi connectivity index (χ2v) is 4.41. The Labute approximate surface area is 98.6 Å². The van der Waals surface area contributed by atoms with Crippen molar-refractivity contribution in [3.63, 3.8) is 0 Å². The lowest BCUT2D eigenvalue weighted by Crippen LogP contribution is -2.51. The SMILES string of the molecule is Cn1cc(C(NC(=O)C(C)(C)N)C(=O)O)cn1. The molecule has 0 aliphatic heterocycles. The molecule has 7 nitrogen and oxygen atoms in total. The maximum absolute atomic E-state index is 11.6. The van der Waals surface area contributed by atoms with Gasteiger partial charge in [-0.2, -0.15) is 5.10 Å². The first-order valence-corrected chi connectivity index (χ1v) is 5.03. The van der Waals surface area contributed by atoms with Crippen molar-refractivity contribution in [1.82, 2.24) is 15.1 Å². The van der Waals surface area contributed by atoms with Crippen LogP contribution < -0.4 is 11.1 Å². The van der Waals surface area contributed by atoms with Crippen molar-refractivity contribution in [2.45, 2.75) is 25.4 Å². The van der Waals surface area contributed by atoms with Gasteiger partial charge in [0.1, 0.15) is 0 Å². The van der Waals surface area contributed by atoms with Gasteiger partial charge in [0, 0.05) is 18.8 Å². The maximum Gasteiger partial charge on any atom is 0.331 e. The molecule has 1 heterocycles. The van der Waals surface area contributed by atoms with Crippen molar-refractivity contribution < 1.29 is 14.7 Å². The predicted octanol–water partition coefficient (Wildman–Crippen LogP) is -0.601.